The Bertz CT molecular complexity index is 1060. The van der Waals surface area contributed by atoms with Gasteiger partial charge < -0.3 is 29.9 Å². The summed E-state index contributed by atoms with van der Waals surface area (Å²) in [5.74, 6) is -4.47. The Morgan fingerprint density at radius 3 is 1.76 bits per heavy atom. The van der Waals surface area contributed by atoms with E-state index >= 15 is 0 Å². The number of rotatable bonds is 6. The molecule has 0 bridgehead atoms. The molecule has 0 spiro atoms. The summed E-state index contributed by atoms with van der Waals surface area (Å²) in [6, 6.07) is 11.9. The van der Waals surface area contributed by atoms with E-state index in [1.54, 1.807) is 36.2 Å². The highest BCUT2D eigenvalue weighted by atomic mass is 19.1. The molecule has 2 heterocycles. The van der Waals surface area contributed by atoms with E-state index in [1.807, 2.05) is 6.92 Å². The van der Waals surface area contributed by atoms with Crippen molar-refractivity contribution in [3.63, 3.8) is 0 Å². The lowest BCUT2D eigenvalue weighted by Gasteiger charge is -2.42. The van der Waals surface area contributed by atoms with E-state index in [1.165, 1.54) is 24.3 Å². The number of nitrogens with zero attached hydrogens (tertiary/aromatic N) is 2. The zero-order chi connectivity index (χ0) is 28.0. The average Bonchev–Trinajstić information content (AvgIpc) is 3.15. The Morgan fingerprint density at radius 2 is 1.39 bits per heavy atom. The summed E-state index contributed by atoms with van der Waals surface area (Å²) in [6.45, 7) is 4.39. The van der Waals surface area contributed by atoms with E-state index in [2.05, 4.69) is 4.90 Å². The Hall–Kier alpha value is -3.57. The van der Waals surface area contributed by atoms with Gasteiger partial charge in [-0.1, -0.05) is 24.3 Å². The van der Waals surface area contributed by atoms with Crippen molar-refractivity contribution in [3.05, 3.63) is 71.3 Å². The first-order valence-corrected chi connectivity index (χ1v) is 12.3. The number of carboxylic acid groups (broad SMARTS) is 2. The summed E-state index contributed by atoms with van der Waals surface area (Å²) in [5.41, 5.74) is -0.108. The minimum absolute atomic E-state index is 0.0575. The molecule has 2 saturated heterocycles. The van der Waals surface area contributed by atoms with E-state index in [0.29, 0.717) is 11.1 Å². The quantitative estimate of drug-likeness (QED) is 0.482. The summed E-state index contributed by atoms with van der Waals surface area (Å²) < 4.78 is 32.5. The number of likely N-dealkylation sites (tertiary alicyclic amines) is 1. The van der Waals surface area contributed by atoms with Crippen molar-refractivity contribution in [3.8, 4) is 0 Å². The highest BCUT2D eigenvalue weighted by molar-refractivity contribution is 6.27. The maximum atomic E-state index is 13.5. The minimum atomic E-state index is -1.82. The predicted molar refractivity (Wildman–Crippen MR) is 132 cm³/mol. The average molecular weight is 535 g/mol. The number of carbonyl (C=O) groups excluding carboxylic acids is 1. The van der Waals surface area contributed by atoms with Crippen LogP contribution < -0.4 is 0 Å². The van der Waals surface area contributed by atoms with Crippen LogP contribution in [0.2, 0.25) is 0 Å². The molecule has 2 aliphatic heterocycles. The van der Waals surface area contributed by atoms with Crippen LogP contribution >= 0.6 is 0 Å². The zero-order valence-corrected chi connectivity index (χ0v) is 21.2. The second kappa shape index (κ2) is 12.3. The molecule has 3 N–H and O–H groups in total. The van der Waals surface area contributed by atoms with Crippen LogP contribution in [0, 0.1) is 17.6 Å². The first-order valence-electron chi connectivity index (χ1n) is 12.3. The van der Waals surface area contributed by atoms with Crippen LogP contribution in [-0.2, 0) is 19.9 Å². The molecule has 2 aliphatic rings. The summed E-state index contributed by atoms with van der Waals surface area (Å²) in [4.78, 5) is 33.9. The van der Waals surface area contributed by atoms with Crippen molar-refractivity contribution < 1.29 is 43.2 Å². The third-order valence-electron chi connectivity index (χ3n) is 7.35. The van der Waals surface area contributed by atoms with Gasteiger partial charge >= 0.3 is 18.0 Å². The monoisotopic (exact) mass is 534 g/mol. The number of benzene rings is 2. The zero-order valence-electron chi connectivity index (χ0n) is 21.2. The Balaban J connectivity index is 0.000000599. The lowest BCUT2D eigenvalue weighted by atomic mass is 9.72. The summed E-state index contributed by atoms with van der Waals surface area (Å²) in [5, 5.41) is 26.7. The molecule has 2 unspecified atom stereocenters. The second-order valence-electron chi connectivity index (χ2n) is 9.57. The van der Waals surface area contributed by atoms with Gasteiger partial charge in [0.25, 0.3) is 0 Å². The number of piperidine rings is 1. The number of aliphatic carboxylic acids is 2. The van der Waals surface area contributed by atoms with Gasteiger partial charge in [-0.2, -0.15) is 0 Å². The van der Waals surface area contributed by atoms with Gasteiger partial charge in [0.2, 0.25) is 0 Å². The van der Waals surface area contributed by atoms with Gasteiger partial charge in [-0.05, 0) is 80.6 Å². The van der Waals surface area contributed by atoms with Crippen molar-refractivity contribution >= 4 is 18.0 Å². The van der Waals surface area contributed by atoms with Crippen LogP contribution in [0.5, 0.6) is 0 Å². The Labute approximate surface area is 219 Å². The standard InChI is InChI=1S/C25H30F2N2O3.C2H2O4/c1-17-23(32-24(30)28(17)2)13-16-29-14-11-20(12-15-29)25(31,18-3-7-21(26)8-4-18)19-5-9-22(27)10-6-19;3-1(4)2(5)6/h3-10,17,20,23,31H,11-16H2,1-2H3;(H,3,4)(H,5,6). The van der Waals surface area contributed by atoms with Crippen molar-refractivity contribution in [2.45, 2.75) is 43.9 Å². The van der Waals surface area contributed by atoms with Crippen molar-refractivity contribution in [1.29, 1.82) is 0 Å². The number of cyclic esters (lactones) is 1. The number of aliphatic hydroxyl groups is 1. The largest absolute Gasteiger partial charge is 0.473 e. The van der Waals surface area contributed by atoms with Crippen molar-refractivity contribution in [2.24, 2.45) is 5.92 Å². The molecule has 2 atom stereocenters. The minimum Gasteiger partial charge on any atom is -0.473 e. The molecular weight excluding hydrogens is 502 g/mol. The number of carbonyl (C=O) groups is 3. The highest BCUT2D eigenvalue weighted by Gasteiger charge is 2.42. The maximum Gasteiger partial charge on any atom is 0.414 e. The second-order valence-corrected chi connectivity index (χ2v) is 9.57. The fourth-order valence-corrected chi connectivity index (χ4v) is 4.96. The van der Waals surface area contributed by atoms with Crippen molar-refractivity contribution in [1.82, 2.24) is 9.80 Å². The van der Waals surface area contributed by atoms with E-state index in [-0.39, 0.29) is 35.8 Å². The molecule has 11 heteroatoms. The SMILES string of the molecule is CC1C(CCN2CCC(C(O)(c3ccc(F)cc3)c3ccc(F)cc3)CC2)OC(=O)N1C.O=C(O)C(=O)O. The van der Waals surface area contributed by atoms with E-state index in [0.717, 1.165) is 38.9 Å². The third kappa shape index (κ3) is 6.65. The van der Waals surface area contributed by atoms with Crippen LogP contribution in [0.3, 0.4) is 0 Å². The van der Waals surface area contributed by atoms with E-state index < -0.39 is 17.5 Å². The van der Waals surface area contributed by atoms with Crippen LogP contribution in [0.1, 0.15) is 37.3 Å². The Morgan fingerprint density at radius 1 is 0.947 bits per heavy atom. The van der Waals surface area contributed by atoms with Gasteiger partial charge in [0.05, 0.1) is 6.04 Å². The smallest absolute Gasteiger partial charge is 0.414 e. The third-order valence-corrected chi connectivity index (χ3v) is 7.35. The molecule has 2 aromatic carbocycles. The predicted octanol–water partition coefficient (Wildman–Crippen LogP) is 3.30. The number of amides is 1. The van der Waals surface area contributed by atoms with E-state index in [9.17, 15) is 18.7 Å². The number of likely N-dealkylation sites (N-methyl/N-ethyl adjacent to an activating group) is 1. The maximum absolute atomic E-state index is 13.5. The van der Waals surface area contributed by atoms with Gasteiger partial charge in [-0.15, -0.1) is 0 Å². The number of hydrogen-bond donors (Lipinski definition) is 3. The number of ether oxygens (including phenoxy) is 1. The molecule has 0 radical (unpaired) electrons. The fraction of sp³-hybridized carbons (Fsp3) is 0.444. The fourth-order valence-electron chi connectivity index (χ4n) is 4.96. The van der Waals surface area contributed by atoms with Crippen LogP contribution in [-0.4, -0.2) is 82.0 Å². The van der Waals surface area contributed by atoms with Gasteiger partial charge in [0.15, 0.2) is 0 Å². The molecule has 0 aliphatic carbocycles. The molecule has 4 rings (SSSR count). The van der Waals surface area contributed by atoms with Crippen LogP contribution in [0.25, 0.3) is 0 Å². The number of carboxylic acids is 2. The topological polar surface area (TPSA) is 128 Å². The normalized spacial score (nSPS) is 20.4. The lowest BCUT2D eigenvalue weighted by molar-refractivity contribution is -0.159. The highest BCUT2D eigenvalue weighted by Crippen LogP contribution is 2.42. The summed E-state index contributed by atoms with van der Waals surface area (Å²) in [7, 11) is 1.75. The molecule has 206 valence electrons. The molecule has 2 aromatic rings. The van der Waals surface area contributed by atoms with Gasteiger partial charge in [0.1, 0.15) is 23.3 Å². The number of hydrogen-bond acceptors (Lipinski definition) is 6. The molecule has 0 saturated carbocycles. The molecule has 38 heavy (non-hydrogen) atoms. The van der Waals surface area contributed by atoms with Gasteiger partial charge in [-0.3, -0.25) is 0 Å². The molecule has 2 fully saturated rings. The first kappa shape index (κ1) is 29.0. The first-order chi connectivity index (χ1) is 17.9. The van der Waals surface area contributed by atoms with E-state index in [4.69, 9.17) is 24.5 Å². The molecule has 9 nitrogen and oxygen atoms in total. The number of halogens is 2. The van der Waals surface area contributed by atoms with Gasteiger partial charge in [-0.25, -0.2) is 23.2 Å². The molecular formula is C27H32F2N2O7. The summed E-state index contributed by atoms with van der Waals surface area (Å²) in [6.07, 6.45) is 1.86. The van der Waals surface area contributed by atoms with Gasteiger partial charge in [0, 0.05) is 13.6 Å². The van der Waals surface area contributed by atoms with Crippen molar-refractivity contribution in [2.75, 3.05) is 26.7 Å². The molecule has 1 amide bonds. The van der Waals surface area contributed by atoms with Crippen LogP contribution in [0.15, 0.2) is 48.5 Å². The Kier molecular flexibility index (Phi) is 9.40. The summed E-state index contributed by atoms with van der Waals surface area (Å²) >= 11 is 0. The lowest BCUT2D eigenvalue weighted by Crippen LogP contribution is -2.45. The molecule has 0 aromatic heterocycles. The van der Waals surface area contributed by atoms with Crippen LogP contribution in [0.4, 0.5) is 13.6 Å².